The Balaban J connectivity index is 1.96. The Kier molecular flexibility index (Phi) is 3.61. The Bertz CT molecular complexity index is 649. The van der Waals surface area contributed by atoms with Crippen molar-refractivity contribution >= 4 is 5.88 Å². The second-order valence-electron chi connectivity index (χ2n) is 5.88. The summed E-state index contributed by atoms with van der Waals surface area (Å²) in [5, 5.41) is 9.33. The molecule has 108 valence electrons. The third-order valence-electron chi connectivity index (χ3n) is 3.78. The maximum Gasteiger partial charge on any atom is 0.235 e. The third-order valence-corrected chi connectivity index (χ3v) is 3.78. The van der Waals surface area contributed by atoms with E-state index >= 15 is 0 Å². The zero-order valence-electron chi connectivity index (χ0n) is 12.3. The minimum absolute atomic E-state index is 0.357. The fourth-order valence-corrected chi connectivity index (χ4v) is 3.04. The molecular formula is C16H18N4O. The highest BCUT2D eigenvalue weighted by atomic mass is 16.4. The van der Waals surface area contributed by atoms with Crippen molar-refractivity contribution in [1.29, 1.82) is 5.26 Å². The van der Waals surface area contributed by atoms with Crippen LogP contribution in [0.3, 0.4) is 0 Å². The average molecular weight is 282 g/mol. The van der Waals surface area contributed by atoms with Crippen LogP contribution in [0.2, 0.25) is 0 Å². The molecule has 5 nitrogen and oxygen atoms in total. The summed E-state index contributed by atoms with van der Waals surface area (Å²) in [6.45, 7) is 6.27. The number of nitriles is 1. The molecule has 0 unspecified atom stereocenters. The van der Waals surface area contributed by atoms with Crippen molar-refractivity contribution in [3.8, 4) is 17.5 Å². The van der Waals surface area contributed by atoms with Gasteiger partial charge in [0.15, 0.2) is 0 Å². The van der Waals surface area contributed by atoms with Crippen LogP contribution in [0, 0.1) is 23.2 Å². The lowest BCUT2D eigenvalue weighted by atomic mass is 9.92. The Morgan fingerprint density at radius 2 is 2.10 bits per heavy atom. The number of pyridine rings is 1. The van der Waals surface area contributed by atoms with E-state index in [2.05, 4.69) is 34.8 Å². The number of hydrogen-bond acceptors (Lipinski definition) is 5. The molecule has 21 heavy (non-hydrogen) atoms. The fraction of sp³-hybridized carbons (Fsp3) is 0.438. The van der Waals surface area contributed by atoms with Crippen molar-refractivity contribution < 1.29 is 4.42 Å². The summed E-state index contributed by atoms with van der Waals surface area (Å²) >= 11 is 0. The summed E-state index contributed by atoms with van der Waals surface area (Å²) in [5.74, 6) is 2.23. The van der Waals surface area contributed by atoms with E-state index in [1.54, 1.807) is 12.4 Å². The molecule has 0 radical (unpaired) electrons. The number of nitrogens with zero attached hydrogens (tertiary/aromatic N) is 4. The topological polar surface area (TPSA) is 66.0 Å². The molecule has 0 amide bonds. The Labute approximate surface area is 124 Å². The maximum atomic E-state index is 9.33. The zero-order valence-corrected chi connectivity index (χ0v) is 12.3. The molecule has 2 atom stereocenters. The molecule has 0 aromatic carbocycles. The van der Waals surface area contributed by atoms with Gasteiger partial charge in [-0.1, -0.05) is 13.8 Å². The first-order valence-corrected chi connectivity index (χ1v) is 7.23. The predicted molar refractivity (Wildman–Crippen MR) is 79.6 cm³/mol. The van der Waals surface area contributed by atoms with Crippen LogP contribution in [0.4, 0.5) is 5.88 Å². The van der Waals surface area contributed by atoms with Crippen LogP contribution in [0.25, 0.3) is 11.5 Å². The SMILES string of the molecule is C[C@@H]1C[C@@H](C)CN(c2oc(-c3cccnc3)nc2C#N)C1. The second-order valence-corrected chi connectivity index (χ2v) is 5.88. The number of piperidine rings is 1. The van der Waals surface area contributed by atoms with Gasteiger partial charge in [-0.15, -0.1) is 0 Å². The van der Waals surface area contributed by atoms with Crippen LogP contribution in [-0.4, -0.2) is 23.1 Å². The summed E-state index contributed by atoms with van der Waals surface area (Å²) in [7, 11) is 0. The van der Waals surface area contributed by atoms with Gasteiger partial charge in [-0.2, -0.15) is 10.2 Å². The van der Waals surface area contributed by atoms with Crippen molar-refractivity contribution in [2.45, 2.75) is 20.3 Å². The Morgan fingerprint density at radius 3 is 2.71 bits per heavy atom. The summed E-state index contributed by atoms with van der Waals surface area (Å²) in [4.78, 5) is 10.5. The summed E-state index contributed by atoms with van der Waals surface area (Å²) < 4.78 is 5.88. The zero-order chi connectivity index (χ0) is 14.8. The quantitative estimate of drug-likeness (QED) is 0.846. The molecule has 2 aromatic rings. The summed E-state index contributed by atoms with van der Waals surface area (Å²) in [6.07, 6.45) is 4.60. The summed E-state index contributed by atoms with van der Waals surface area (Å²) in [6, 6.07) is 5.86. The largest absolute Gasteiger partial charge is 0.419 e. The molecule has 1 saturated heterocycles. The molecule has 0 N–H and O–H groups in total. The van der Waals surface area contributed by atoms with Gasteiger partial charge in [0.1, 0.15) is 6.07 Å². The van der Waals surface area contributed by atoms with Gasteiger partial charge in [0.2, 0.25) is 17.5 Å². The van der Waals surface area contributed by atoms with Gasteiger partial charge in [-0.3, -0.25) is 4.98 Å². The second kappa shape index (κ2) is 5.57. The number of oxazole rings is 1. The standard InChI is InChI=1S/C16H18N4O/c1-11-6-12(2)10-20(9-11)16-14(7-17)19-15(21-16)13-4-3-5-18-8-13/h3-5,8,11-12H,6,9-10H2,1-2H3/t11-,12-/m1/s1. The van der Waals surface area contributed by atoms with E-state index in [9.17, 15) is 5.26 Å². The van der Waals surface area contributed by atoms with E-state index in [-0.39, 0.29) is 0 Å². The molecule has 0 spiro atoms. The first-order valence-electron chi connectivity index (χ1n) is 7.23. The average Bonchev–Trinajstić information content (AvgIpc) is 2.91. The van der Waals surface area contributed by atoms with E-state index in [1.807, 2.05) is 12.1 Å². The van der Waals surface area contributed by atoms with Gasteiger partial charge in [-0.25, -0.2) is 0 Å². The maximum absolute atomic E-state index is 9.33. The van der Waals surface area contributed by atoms with Gasteiger partial charge in [0.25, 0.3) is 0 Å². The Morgan fingerprint density at radius 1 is 1.33 bits per heavy atom. The smallest absolute Gasteiger partial charge is 0.235 e. The molecule has 0 saturated carbocycles. The molecule has 5 heteroatoms. The number of hydrogen-bond donors (Lipinski definition) is 0. The van der Waals surface area contributed by atoms with Crippen molar-refractivity contribution in [2.75, 3.05) is 18.0 Å². The van der Waals surface area contributed by atoms with E-state index in [0.717, 1.165) is 18.7 Å². The molecule has 3 heterocycles. The highest BCUT2D eigenvalue weighted by Crippen LogP contribution is 2.32. The molecule has 0 aliphatic carbocycles. The lowest BCUT2D eigenvalue weighted by molar-refractivity contribution is 0.344. The number of anilines is 1. The molecule has 1 aliphatic heterocycles. The lowest BCUT2D eigenvalue weighted by Crippen LogP contribution is -2.38. The molecule has 3 rings (SSSR count). The molecule has 0 bridgehead atoms. The number of aromatic nitrogens is 2. The van der Waals surface area contributed by atoms with Crippen LogP contribution < -0.4 is 4.90 Å². The van der Waals surface area contributed by atoms with Crippen LogP contribution in [0.5, 0.6) is 0 Å². The monoisotopic (exact) mass is 282 g/mol. The minimum atomic E-state index is 0.357. The van der Waals surface area contributed by atoms with E-state index in [0.29, 0.717) is 29.3 Å². The highest BCUT2D eigenvalue weighted by Gasteiger charge is 2.27. The first kappa shape index (κ1) is 13.6. The summed E-state index contributed by atoms with van der Waals surface area (Å²) in [5.41, 5.74) is 1.15. The molecular weight excluding hydrogens is 264 g/mol. The fourth-order valence-electron chi connectivity index (χ4n) is 3.04. The number of rotatable bonds is 2. The minimum Gasteiger partial charge on any atom is -0.419 e. The normalized spacial score (nSPS) is 22.0. The Hall–Kier alpha value is -2.35. The van der Waals surface area contributed by atoms with Gasteiger partial charge in [-0.05, 0) is 30.4 Å². The van der Waals surface area contributed by atoms with Gasteiger partial charge >= 0.3 is 0 Å². The molecule has 2 aromatic heterocycles. The van der Waals surface area contributed by atoms with E-state index < -0.39 is 0 Å². The highest BCUT2D eigenvalue weighted by molar-refractivity contribution is 5.58. The van der Waals surface area contributed by atoms with Gasteiger partial charge in [0, 0.05) is 25.5 Å². The van der Waals surface area contributed by atoms with Gasteiger partial charge in [0.05, 0.1) is 5.56 Å². The van der Waals surface area contributed by atoms with Crippen molar-refractivity contribution in [3.05, 3.63) is 30.2 Å². The van der Waals surface area contributed by atoms with Crippen LogP contribution in [0.15, 0.2) is 28.9 Å². The third kappa shape index (κ3) is 2.75. The van der Waals surface area contributed by atoms with Gasteiger partial charge < -0.3 is 9.32 Å². The molecule has 1 fully saturated rings. The lowest BCUT2D eigenvalue weighted by Gasteiger charge is -2.34. The van der Waals surface area contributed by atoms with E-state index in [1.165, 1.54) is 6.42 Å². The van der Waals surface area contributed by atoms with Crippen LogP contribution in [-0.2, 0) is 0 Å². The van der Waals surface area contributed by atoms with Crippen molar-refractivity contribution in [3.63, 3.8) is 0 Å². The molecule has 1 aliphatic rings. The van der Waals surface area contributed by atoms with E-state index in [4.69, 9.17) is 4.42 Å². The predicted octanol–water partition coefficient (Wildman–Crippen LogP) is 3.09. The van der Waals surface area contributed by atoms with Crippen molar-refractivity contribution in [2.24, 2.45) is 11.8 Å². The first-order chi connectivity index (χ1) is 10.2. The van der Waals surface area contributed by atoms with Crippen LogP contribution in [0.1, 0.15) is 26.0 Å². The van der Waals surface area contributed by atoms with Crippen LogP contribution >= 0.6 is 0 Å². The van der Waals surface area contributed by atoms with Crippen molar-refractivity contribution in [1.82, 2.24) is 9.97 Å².